The predicted molar refractivity (Wildman–Crippen MR) is 133 cm³/mol. The minimum absolute atomic E-state index is 0.0439. The van der Waals surface area contributed by atoms with Crippen molar-refractivity contribution in [3.05, 3.63) is 106 Å². The smallest absolute Gasteiger partial charge is 0.253 e. The lowest BCUT2D eigenvalue weighted by atomic mass is 10.0. The van der Waals surface area contributed by atoms with Gasteiger partial charge in [0.2, 0.25) is 5.91 Å². The SMILES string of the molecule is Cc1ccc(C(CNC(=O)CC(NC(=O)c2ccccc2Cl)c2ccccc2)N(C)C)cc1. The number of hydrogen-bond donors (Lipinski definition) is 2. The average Bonchev–Trinajstić information content (AvgIpc) is 2.80. The Morgan fingerprint density at radius 3 is 2.15 bits per heavy atom. The molecule has 2 unspecified atom stereocenters. The summed E-state index contributed by atoms with van der Waals surface area (Å²) >= 11 is 6.19. The van der Waals surface area contributed by atoms with Crippen LogP contribution < -0.4 is 10.6 Å². The summed E-state index contributed by atoms with van der Waals surface area (Å²) in [4.78, 5) is 27.9. The van der Waals surface area contributed by atoms with Gasteiger partial charge >= 0.3 is 0 Å². The third kappa shape index (κ3) is 6.91. The lowest BCUT2D eigenvalue weighted by molar-refractivity contribution is -0.121. The molecule has 3 aromatic rings. The minimum atomic E-state index is -0.479. The van der Waals surface area contributed by atoms with Crippen LogP contribution in [0.4, 0.5) is 0 Å². The van der Waals surface area contributed by atoms with Crippen LogP contribution in [0.1, 0.15) is 45.6 Å². The van der Waals surface area contributed by atoms with Crippen LogP contribution in [0.25, 0.3) is 0 Å². The summed E-state index contributed by atoms with van der Waals surface area (Å²) in [6, 6.07) is 24.2. The largest absolute Gasteiger partial charge is 0.354 e. The lowest BCUT2D eigenvalue weighted by Gasteiger charge is -2.26. The zero-order valence-corrected chi connectivity index (χ0v) is 20.0. The Hall–Kier alpha value is -3.15. The molecular formula is C27H30ClN3O2. The molecule has 0 aliphatic rings. The van der Waals surface area contributed by atoms with E-state index in [1.807, 2.05) is 44.4 Å². The molecule has 0 bridgehead atoms. The van der Waals surface area contributed by atoms with Gasteiger partial charge in [0.05, 0.1) is 29.1 Å². The van der Waals surface area contributed by atoms with E-state index in [2.05, 4.69) is 46.7 Å². The molecule has 3 aromatic carbocycles. The second kappa shape index (κ2) is 11.6. The highest BCUT2D eigenvalue weighted by atomic mass is 35.5. The predicted octanol–water partition coefficient (Wildman–Crippen LogP) is 4.93. The van der Waals surface area contributed by atoms with Crippen LogP contribution in [0.15, 0.2) is 78.9 Å². The van der Waals surface area contributed by atoms with Gasteiger partial charge in [-0.05, 0) is 44.3 Å². The monoisotopic (exact) mass is 463 g/mol. The van der Waals surface area contributed by atoms with Crippen molar-refractivity contribution in [2.45, 2.75) is 25.4 Å². The molecule has 2 N–H and O–H groups in total. The molecule has 0 radical (unpaired) electrons. The Morgan fingerprint density at radius 1 is 0.879 bits per heavy atom. The van der Waals surface area contributed by atoms with Gasteiger partial charge in [0.15, 0.2) is 0 Å². The first kappa shape index (κ1) is 24.5. The van der Waals surface area contributed by atoms with Crippen molar-refractivity contribution in [3.8, 4) is 0 Å². The Kier molecular flexibility index (Phi) is 8.64. The van der Waals surface area contributed by atoms with Crippen LogP contribution in [0.3, 0.4) is 0 Å². The number of nitrogens with one attached hydrogen (secondary N) is 2. The fourth-order valence-corrected chi connectivity index (χ4v) is 3.90. The van der Waals surface area contributed by atoms with Gasteiger partial charge in [-0.25, -0.2) is 0 Å². The number of hydrogen-bond acceptors (Lipinski definition) is 3. The number of amides is 2. The molecule has 6 heteroatoms. The Labute approximate surface area is 200 Å². The molecular weight excluding hydrogens is 434 g/mol. The van der Waals surface area contributed by atoms with Gasteiger partial charge in [-0.15, -0.1) is 0 Å². The molecule has 2 atom stereocenters. The molecule has 0 spiro atoms. The fourth-order valence-electron chi connectivity index (χ4n) is 3.67. The van der Waals surface area contributed by atoms with Crippen LogP contribution in [-0.4, -0.2) is 37.4 Å². The topological polar surface area (TPSA) is 61.4 Å². The molecule has 172 valence electrons. The quantitative estimate of drug-likeness (QED) is 0.473. The first-order chi connectivity index (χ1) is 15.8. The molecule has 0 aliphatic heterocycles. The normalized spacial score (nSPS) is 12.8. The molecule has 2 amide bonds. The third-order valence-electron chi connectivity index (χ3n) is 5.59. The van der Waals surface area contributed by atoms with E-state index in [1.165, 1.54) is 5.56 Å². The van der Waals surface area contributed by atoms with E-state index in [-0.39, 0.29) is 24.3 Å². The van der Waals surface area contributed by atoms with E-state index in [0.717, 1.165) is 11.1 Å². The molecule has 5 nitrogen and oxygen atoms in total. The molecule has 3 rings (SSSR count). The standard InChI is InChI=1S/C27H30ClN3O2/c1-19-13-15-21(16-14-19)25(31(2)3)18-29-26(32)17-24(20-9-5-4-6-10-20)30-27(33)22-11-7-8-12-23(22)28/h4-16,24-25H,17-18H2,1-3H3,(H,29,32)(H,30,33). The maximum atomic E-state index is 12.9. The molecule has 0 fully saturated rings. The number of carbonyl (C=O) groups excluding carboxylic acids is 2. The van der Waals surface area contributed by atoms with Crippen LogP contribution >= 0.6 is 11.6 Å². The Morgan fingerprint density at radius 2 is 1.52 bits per heavy atom. The number of rotatable bonds is 9. The van der Waals surface area contributed by atoms with Gasteiger partial charge in [-0.3, -0.25) is 9.59 Å². The van der Waals surface area contributed by atoms with Crippen molar-refractivity contribution in [3.63, 3.8) is 0 Å². The second-order valence-corrected chi connectivity index (χ2v) is 8.72. The summed E-state index contributed by atoms with van der Waals surface area (Å²) < 4.78 is 0. The van der Waals surface area contributed by atoms with Crippen molar-refractivity contribution in [2.24, 2.45) is 0 Å². The van der Waals surface area contributed by atoms with Crippen molar-refractivity contribution < 1.29 is 9.59 Å². The van der Waals surface area contributed by atoms with E-state index >= 15 is 0 Å². The van der Waals surface area contributed by atoms with Crippen LogP contribution in [0.2, 0.25) is 5.02 Å². The number of nitrogens with zero attached hydrogens (tertiary/aromatic N) is 1. The van der Waals surface area contributed by atoms with Gasteiger partial charge in [-0.2, -0.15) is 0 Å². The van der Waals surface area contributed by atoms with Crippen molar-refractivity contribution in [1.82, 2.24) is 15.5 Å². The number of likely N-dealkylation sites (N-methyl/N-ethyl adjacent to an activating group) is 1. The summed E-state index contributed by atoms with van der Waals surface area (Å²) in [7, 11) is 3.99. The van der Waals surface area contributed by atoms with E-state index in [0.29, 0.717) is 17.1 Å². The number of benzene rings is 3. The molecule has 0 aliphatic carbocycles. The maximum absolute atomic E-state index is 12.9. The zero-order chi connectivity index (χ0) is 23.8. The van der Waals surface area contributed by atoms with E-state index in [4.69, 9.17) is 11.6 Å². The number of aryl methyl sites for hydroxylation is 1. The highest BCUT2D eigenvalue weighted by Crippen LogP contribution is 2.21. The maximum Gasteiger partial charge on any atom is 0.253 e. The fraction of sp³-hybridized carbons (Fsp3) is 0.259. The Balaban J connectivity index is 1.70. The Bertz CT molecular complexity index is 1070. The van der Waals surface area contributed by atoms with Crippen molar-refractivity contribution in [1.29, 1.82) is 0 Å². The van der Waals surface area contributed by atoms with Crippen LogP contribution in [0, 0.1) is 6.92 Å². The van der Waals surface area contributed by atoms with E-state index in [1.54, 1.807) is 24.3 Å². The minimum Gasteiger partial charge on any atom is -0.354 e. The van der Waals surface area contributed by atoms with Gasteiger partial charge in [0.25, 0.3) is 5.91 Å². The third-order valence-corrected chi connectivity index (χ3v) is 5.92. The van der Waals surface area contributed by atoms with Gasteiger partial charge < -0.3 is 15.5 Å². The van der Waals surface area contributed by atoms with Gasteiger partial charge in [-0.1, -0.05) is 83.9 Å². The molecule has 0 heterocycles. The van der Waals surface area contributed by atoms with Gasteiger partial charge in [0, 0.05) is 6.54 Å². The second-order valence-electron chi connectivity index (χ2n) is 8.31. The summed E-state index contributed by atoms with van der Waals surface area (Å²) in [5, 5.41) is 6.39. The summed E-state index contributed by atoms with van der Waals surface area (Å²) in [6.45, 7) is 2.52. The summed E-state index contributed by atoms with van der Waals surface area (Å²) in [6.07, 6.45) is 0.119. The molecule has 0 aromatic heterocycles. The molecule has 33 heavy (non-hydrogen) atoms. The first-order valence-electron chi connectivity index (χ1n) is 10.9. The van der Waals surface area contributed by atoms with Crippen molar-refractivity contribution in [2.75, 3.05) is 20.6 Å². The van der Waals surface area contributed by atoms with Crippen LogP contribution in [-0.2, 0) is 4.79 Å². The highest BCUT2D eigenvalue weighted by molar-refractivity contribution is 6.33. The molecule has 0 saturated heterocycles. The van der Waals surface area contributed by atoms with Crippen LogP contribution in [0.5, 0.6) is 0 Å². The number of carbonyl (C=O) groups is 2. The summed E-state index contributed by atoms with van der Waals surface area (Å²) in [5.74, 6) is -0.449. The van der Waals surface area contributed by atoms with E-state index in [9.17, 15) is 9.59 Å². The number of halogens is 1. The first-order valence-corrected chi connectivity index (χ1v) is 11.3. The summed E-state index contributed by atoms with van der Waals surface area (Å²) in [5.41, 5.74) is 3.57. The van der Waals surface area contributed by atoms with Gasteiger partial charge in [0.1, 0.15) is 0 Å². The van der Waals surface area contributed by atoms with E-state index < -0.39 is 6.04 Å². The highest BCUT2D eigenvalue weighted by Gasteiger charge is 2.22. The average molecular weight is 464 g/mol. The lowest BCUT2D eigenvalue weighted by Crippen LogP contribution is -2.37. The zero-order valence-electron chi connectivity index (χ0n) is 19.2. The molecule has 0 saturated carbocycles. The van der Waals surface area contributed by atoms with Crippen molar-refractivity contribution >= 4 is 23.4 Å².